The van der Waals surface area contributed by atoms with Crippen molar-refractivity contribution in [2.45, 2.75) is 11.3 Å². The van der Waals surface area contributed by atoms with Crippen molar-refractivity contribution in [1.29, 1.82) is 0 Å². The van der Waals surface area contributed by atoms with Gasteiger partial charge in [0, 0.05) is 22.7 Å². The van der Waals surface area contributed by atoms with Crippen molar-refractivity contribution in [3.63, 3.8) is 0 Å². The molecule has 1 amide bonds. The molecule has 0 fully saturated rings. The number of H-pyrrole nitrogens is 1. The second-order valence-electron chi connectivity index (χ2n) is 8.05. The highest BCUT2D eigenvalue weighted by Gasteiger charge is 2.30. The lowest BCUT2D eigenvalue weighted by molar-refractivity contribution is -0.137. The minimum absolute atomic E-state index is 0.0191. The number of alkyl halides is 3. The summed E-state index contributed by atoms with van der Waals surface area (Å²) < 4.78 is 45.7. The Labute approximate surface area is 212 Å². The van der Waals surface area contributed by atoms with Crippen LogP contribution in [0.2, 0.25) is 0 Å². The maximum atomic E-state index is 13.6. The van der Waals surface area contributed by atoms with Crippen LogP contribution in [0.3, 0.4) is 0 Å². The predicted octanol–water partition coefficient (Wildman–Crippen LogP) is 5.63. The summed E-state index contributed by atoms with van der Waals surface area (Å²) in [5.41, 5.74) is 0.779. The molecule has 0 aliphatic carbocycles. The van der Waals surface area contributed by atoms with Gasteiger partial charge in [-0.1, -0.05) is 42.1 Å². The number of carbonyl (C=O) groups excluding carboxylic acids is 1. The Morgan fingerprint density at radius 1 is 1.08 bits per heavy atom. The van der Waals surface area contributed by atoms with Crippen molar-refractivity contribution in [3.05, 3.63) is 88.7 Å². The van der Waals surface area contributed by atoms with E-state index in [1.54, 1.807) is 24.3 Å². The molecule has 0 unspecified atom stereocenters. The second kappa shape index (κ2) is 9.66. The van der Waals surface area contributed by atoms with Crippen LogP contribution in [0.15, 0.2) is 82.7 Å². The molecule has 0 spiro atoms. The summed E-state index contributed by atoms with van der Waals surface area (Å²) in [4.78, 5) is 34.1. The zero-order valence-corrected chi connectivity index (χ0v) is 20.1. The molecule has 0 saturated carbocycles. The minimum Gasteiger partial charge on any atom is -0.497 e. The molecule has 0 aliphatic heterocycles. The van der Waals surface area contributed by atoms with Crippen molar-refractivity contribution < 1.29 is 22.7 Å². The number of thioether (sulfide) groups is 1. The fraction of sp³-hybridized carbons (Fsp3) is 0.115. The number of hydrogen-bond acceptors (Lipinski definition) is 5. The Morgan fingerprint density at radius 3 is 2.65 bits per heavy atom. The molecule has 7 nitrogen and oxygen atoms in total. The highest BCUT2D eigenvalue weighted by Crippen LogP contribution is 2.31. The molecule has 0 atom stereocenters. The second-order valence-corrected chi connectivity index (χ2v) is 8.99. The van der Waals surface area contributed by atoms with Crippen molar-refractivity contribution in [2.75, 3.05) is 18.2 Å². The van der Waals surface area contributed by atoms with E-state index in [2.05, 4.69) is 10.3 Å². The third-order valence-electron chi connectivity index (χ3n) is 5.61. The maximum Gasteiger partial charge on any atom is 0.416 e. The van der Waals surface area contributed by atoms with Crippen molar-refractivity contribution in [3.8, 4) is 11.4 Å². The van der Waals surface area contributed by atoms with Crippen LogP contribution < -0.4 is 15.6 Å². The summed E-state index contributed by atoms with van der Waals surface area (Å²) in [5.74, 6) is -0.213. The van der Waals surface area contributed by atoms with Gasteiger partial charge < -0.3 is 15.0 Å². The molecular weight excluding hydrogens is 505 g/mol. The summed E-state index contributed by atoms with van der Waals surface area (Å²) in [7, 11) is 1.51. The van der Waals surface area contributed by atoms with E-state index in [0.717, 1.165) is 34.8 Å². The van der Waals surface area contributed by atoms with E-state index >= 15 is 0 Å². The minimum atomic E-state index is -4.53. The van der Waals surface area contributed by atoms with E-state index in [9.17, 15) is 22.8 Å². The first-order valence-electron chi connectivity index (χ1n) is 11.0. The lowest BCUT2D eigenvalue weighted by atomic mass is 10.2. The Hall–Kier alpha value is -4.25. The maximum absolute atomic E-state index is 13.6. The standard InChI is InChI=1S/C26H19F3N4O3S/c1-36-18-9-5-8-17(13-18)33-24(35)23-22(19-10-2-3-11-20(19)31-23)32-25(33)37-14-21(34)30-16-7-4-6-15(12-16)26(27,28)29/h2-13,31H,14H2,1H3,(H,30,34). The van der Waals surface area contributed by atoms with Gasteiger partial charge >= 0.3 is 6.18 Å². The van der Waals surface area contributed by atoms with Gasteiger partial charge in [0.05, 0.1) is 24.1 Å². The number of anilines is 1. The fourth-order valence-electron chi connectivity index (χ4n) is 3.92. The van der Waals surface area contributed by atoms with E-state index in [4.69, 9.17) is 9.72 Å². The topological polar surface area (TPSA) is 89.0 Å². The Balaban J connectivity index is 1.52. The summed E-state index contributed by atoms with van der Waals surface area (Å²) in [6.07, 6.45) is -4.53. The molecule has 0 radical (unpaired) electrons. The normalized spacial score (nSPS) is 11.7. The molecule has 11 heteroatoms. The first kappa shape index (κ1) is 24.4. The summed E-state index contributed by atoms with van der Waals surface area (Å²) >= 11 is 0.996. The number of halogens is 3. The van der Waals surface area contributed by atoms with Gasteiger partial charge in [-0.05, 0) is 36.4 Å². The number of nitrogens with one attached hydrogen (secondary N) is 2. The monoisotopic (exact) mass is 524 g/mol. The van der Waals surface area contributed by atoms with E-state index < -0.39 is 17.6 Å². The number of amides is 1. The van der Waals surface area contributed by atoms with Crippen LogP contribution in [0, 0.1) is 0 Å². The quantitative estimate of drug-likeness (QED) is 0.222. The number of rotatable bonds is 6. The number of nitrogens with zero attached hydrogens (tertiary/aromatic N) is 2. The summed E-state index contributed by atoms with van der Waals surface area (Å²) in [5, 5.41) is 3.48. The van der Waals surface area contributed by atoms with E-state index in [1.807, 2.05) is 24.3 Å². The number of aromatic nitrogens is 3. The molecule has 5 aromatic rings. The van der Waals surface area contributed by atoms with Crippen LogP contribution in [-0.4, -0.2) is 33.3 Å². The average molecular weight is 525 g/mol. The van der Waals surface area contributed by atoms with E-state index in [-0.39, 0.29) is 22.2 Å². The van der Waals surface area contributed by atoms with Crippen molar-refractivity contribution in [1.82, 2.24) is 14.5 Å². The van der Waals surface area contributed by atoms with Crippen LogP contribution in [0.5, 0.6) is 5.75 Å². The van der Waals surface area contributed by atoms with Crippen LogP contribution in [0.25, 0.3) is 27.6 Å². The molecule has 2 aromatic heterocycles. The lowest BCUT2D eigenvalue weighted by Crippen LogP contribution is -2.23. The number of carbonyl (C=O) groups is 1. The van der Waals surface area contributed by atoms with Crippen LogP contribution in [-0.2, 0) is 11.0 Å². The molecule has 0 saturated heterocycles. The van der Waals surface area contributed by atoms with Crippen molar-refractivity contribution in [2.24, 2.45) is 0 Å². The number of ether oxygens (including phenoxy) is 1. The predicted molar refractivity (Wildman–Crippen MR) is 137 cm³/mol. The van der Waals surface area contributed by atoms with Gasteiger partial charge in [-0.2, -0.15) is 13.2 Å². The van der Waals surface area contributed by atoms with Gasteiger partial charge in [-0.3, -0.25) is 14.2 Å². The first-order chi connectivity index (χ1) is 17.7. The van der Waals surface area contributed by atoms with Crippen LogP contribution >= 0.6 is 11.8 Å². The van der Waals surface area contributed by atoms with Gasteiger partial charge in [-0.15, -0.1) is 0 Å². The molecule has 0 aliphatic rings. The fourth-order valence-corrected chi connectivity index (χ4v) is 4.72. The molecule has 5 rings (SSSR count). The van der Waals surface area contributed by atoms with Crippen LogP contribution in [0.4, 0.5) is 18.9 Å². The smallest absolute Gasteiger partial charge is 0.416 e. The van der Waals surface area contributed by atoms with Gasteiger partial charge in [0.25, 0.3) is 5.56 Å². The molecule has 37 heavy (non-hydrogen) atoms. The molecular formula is C26H19F3N4O3S. The van der Waals surface area contributed by atoms with Gasteiger partial charge in [0.2, 0.25) is 5.91 Å². The molecule has 2 heterocycles. The SMILES string of the molecule is COc1cccc(-n2c(SCC(=O)Nc3cccc(C(F)(F)F)c3)nc3c([nH]c4ccccc43)c2=O)c1. The highest BCUT2D eigenvalue weighted by molar-refractivity contribution is 7.99. The molecule has 188 valence electrons. The molecule has 0 bridgehead atoms. The third-order valence-corrected chi connectivity index (χ3v) is 6.55. The zero-order valence-electron chi connectivity index (χ0n) is 19.3. The summed E-state index contributed by atoms with van der Waals surface area (Å²) in [6, 6.07) is 18.6. The zero-order chi connectivity index (χ0) is 26.2. The number of para-hydroxylation sites is 1. The number of aromatic amines is 1. The van der Waals surface area contributed by atoms with Crippen molar-refractivity contribution >= 4 is 45.3 Å². The third kappa shape index (κ3) is 4.90. The Bertz CT molecular complexity index is 1690. The molecule has 3 aromatic carbocycles. The van der Waals surface area contributed by atoms with Gasteiger partial charge in [0.1, 0.15) is 16.8 Å². The largest absolute Gasteiger partial charge is 0.497 e. The van der Waals surface area contributed by atoms with E-state index in [0.29, 0.717) is 22.5 Å². The van der Waals surface area contributed by atoms with Crippen LogP contribution in [0.1, 0.15) is 5.56 Å². The first-order valence-corrected chi connectivity index (χ1v) is 12.0. The number of hydrogen-bond donors (Lipinski definition) is 2. The Kier molecular flexibility index (Phi) is 6.38. The summed E-state index contributed by atoms with van der Waals surface area (Å²) in [6.45, 7) is 0. The Morgan fingerprint density at radius 2 is 1.86 bits per heavy atom. The van der Waals surface area contributed by atoms with Gasteiger partial charge in [-0.25, -0.2) is 4.98 Å². The van der Waals surface area contributed by atoms with E-state index in [1.165, 1.54) is 23.8 Å². The number of fused-ring (bicyclic) bond motifs is 3. The molecule has 2 N–H and O–H groups in total. The average Bonchev–Trinajstić information content (AvgIpc) is 3.26. The lowest BCUT2D eigenvalue weighted by Gasteiger charge is -2.13. The highest BCUT2D eigenvalue weighted by atomic mass is 32.2. The number of methoxy groups -OCH3 is 1. The number of benzene rings is 3. The van der Waals surface area contributed by atoms with Gasteiger partial charge in [0.15, 0.2) is 5.16 Å².